The van der Waals surface area contributed by atoms with Gasteiger partial charge in [-0.05, 0) is 24.8 Å². The Balaban J connectivity index is 2.12. The van der Waals surface area contributed by atoms with Crippen molar-refractivity contribution in [2.45, 2.75) is 46.1 Å². The number of carbonyl (C=O) groups excluding carboxylic acids is 2. The molecule has 1 atom stereocenters. The Hall–Kier alpha value is -2.04. The van der Waals surface area contributed by atoms with Gasteiger partial charge in [0.1, 0.15) is 6.54 Å². The zero-order valence-electron chi connectivity index (χ0n) is 15.7. The van der Waals surface area contributed by atoms with E-state index >= 15 is 0 Å². The van der Waals surface area contributed by atoms with E-state index in [1.165, 1.54) is 0 Å². The molecule has 0 spiro atoms. The largest absolute Gasteiger partial charge is 0.341 e. The van der Waals surface area contributed by atoms with E-state index in [-0.39, 0.29) is 24.5 Å². The molecule has 1 fully saturated rings. The maximum Gasteiger partial charge on any atom is 0.318 e. The number of likely N-dealkylation sites (N-methyl/N-ethyl adjacent to an activating group) is 1. The Labute approximate surface area is 151 Å². The van der Waals surface area contributed by atoms with Gasteiger partial charge in [-0.3, -0.25) is 4.79 Å². The van der Waals surface area contributed by atoms with E-state index in [0.717, 1.165) is 31.4 Å². The molecule has 1 unspecified atom stereocenters. The maximum absolute atomic E-state index is 12.9. The van der Waals surface area contributed by atoms with Crippen molar-refractivity contribution in [1.82, 2.24) is 15.1 Å². The van der Waals surface area contributed by atoms with Gasteiger partial charge in [-0.2, -0.15) is 0 Å². The van der Waals surface area contributed by atoms with E-state index in [1.807, 2.05) is 30.0 Å². The molecule has 1 N–H and O–H groups in total. The molecule has 5 heteroatoms. The Morgan fingerprint density at radius 2 is 1.80 bits per heavy atom. The number of nitrogens with zero attached hydrogens (tertiary/aromatic N) is 2. The van der Waals surface area contributed by atoms with Crippen molar-refractivity contribution in [3.63, 3.8) is 0 Å². The number of carbonyl (C=O) groups is 2. The highest BCUT2D eigenvalue weighted by atomic mass is 16.2. The first kappa shape index (κ1) is 19.3. The van der Waals surface area contributed by atoms with Crippen LogP contribution in [0.2, 0.25) is 0 Å². The molecule has 0 bridgehead atoms. The summed E-state index contributed by atoms with van der Waals surface area (Å²) in [5, 5.41) is 3.20. The fourth-order valence-electron chi connectivity index (χ4n) is 3.55. The average molecular weight is 345 g/mol. The van der Waals surface area contributed by atoms with Crippen LogP contribution < -0.4 is 5.32 Å². The number of rotatable bonds is 6. The lowest BCUT2D eigenvalue weighted by Gasteiger charge is -2.30. The van der Waals surface area contributed by atoms with Gasteiger partial charge in [0, 0.05) is 19.6 Å². The molecule has 0 aromatic heterocycles. The SMILES string of the molecule is CCC(CC)C(NC(=O)N1CCCN(CC)C(=O)C1)c1ccccc1. The van der Waals surface area contributed by atoms with Crippen LogP contribution in [-0.4, -0.2) is 47.9 Å². The van der Waals surface area contributed by atoms with Crippen LogP contribution in [0.15, 0.2) is 30.3 Å². The van der Waals surface area contributed by atoms with Gasteiger partial charge in [-0.15, -0.1) is 0 Å². The highest BCUT2D eigenvalue weighted by molar-refractivity contribution is 5.84. The van der Waals surface area contributed by atoms with E-state index in [0.29, 0.717) is 19.0 Å². The highest BCUT2D eigenvalue weighted by Gasteiger charge is 2.28. The molecule has 1 aromatic carbocycles. The van der Waals surface area contributed by atoms with Crippen molar-refractivity contribution in [3.8, 4) is 0 Å². The summed E-state index contributed by atoms with van der Waals surface area (Å²) in [7, 11) is 0. The van der Waals surface area contributed by atoms with E-state index in [2.05, 4.69) is 31.3 Å². The van der Waals surface area contributed by atoms with Crippen molar-refractivity contribution >= 4 is 11.9 Å². The molecule has 1 heterocycles. The minimum absolute atomic E-state index is 0.0238. The minimum Gasteiger partial charge on any atom is -0.341 e. The number of urea groups is 1. The molecule has 5 nitrogen and oxygen atoms in total. The average Bonchev–Trinajstić information content (AvgIpc) is 2.83. The van der Waals surface area contributed by atoms with Crippen LogP contribution >= 0.6 is 0 Å². The first-order valence-corrected chi connectivity index (χ1v) is 9.48. The standard InChI is InChI=1S/C20H31N3O2/c1-4-16(5-2)19(17-11-8-7-9-12-17)21-20(25)23-14-10-13-22(6-3)18(24)15-23/h7-9,11-12,16,19H,4-6,10,13-15H2,1-3H3,(H,21,25). The van der Waals surface area contributed by atoms with Crippen LogP contribution in [0.1, 0.15) is 51.6 Å². The van der Waals surface area contributed by atoms with Gasteiger partial charge in [0.2, 0.25) is 5.91 Å². The van der Waals surface area contributed by atoms with Crippen molar-refractivity contribution in [3.05, 3.63) is 35.9 Å². The molecule has 138 valence electrons. The molecule has 1 saturated heterocycles. The highest BCUT2D eigenvalue weighted by Crippen LogP contribution is 2.27. The zero-order valence-corrected chi connectivity index (χ0v) is 15.7. The van der Waals surface area contributed by atoms with Crippen LogP contribution in [0, 0.1) is 5.92 Å². The van der Waals surface area contributed by atoms with Crippen LogP contribution in [0.25, 0.3) is 0 Å². The lowest BCUT2D eigenvalue weighted by Crippen LogP contribution is -2.46. The second-order valence-electron chi connectivity index (χ2n) is 6.66. The molecule has 3 amide bonds. The van der Waals surface area contributed by atoms with E-state index in [4.69, 9.17) is 0 Å². The van der Waals surface area contributed by atoms with Gasteiger partial charge in [-0.1, -0.05) is 57.0 Å². The molecule has 2 rings (SSSR count). The molecule has 0 saturated carbocycles. The summed E-state index contributed by atoms with van der Waals surface area (Å²) in [6.45, 7) is 8.52. The lowest BCUT2D eigenvalue weighted by molar-refractivity contribution is -0.130. The Bertz CT molecular complexity index is 557. The van der Waals surface area contributed by atoms with Crippen LogP contribution in [-0.2, 0) is 4.79 Å². The molecule has 1 aliphatic rings. The monoisotopic (exact) mass is 345 g/mol. The quantitative estimate of drug-likeness (QED) is 0.859. The number of hydrogen-bond donors (Lipinski definition) is 1. The maximum atomic E-state index is 12.9. The lowest BCUT2D eigenvalue weighted by atomic mass is 9.89. The second kappa shape index (κ2) is 9.44. The van der Waals surface area contributed by atoms with Gasteiger partial charge < -0.3 is 15.1 Å². The van der Waals surface area contributed by atoms with Crippen molar-refractivity contribution in [2.24, 2.45) is 5.92 Å². The third-order valence-electron chi connectivity index (χ3n) is 5.16. The van der Waals surface area contributed by atoms with Gasteiger partial charge in [0.15, 0.2) is 0 Å². The van der Waals surface area contributed by atoms with Crippen molar-refractivity contribution < 1.29 is 9.59 Å². The van der Waals surface area contributed by atoms with Gasteiger partial charge in [0.05, 0.1) is 6.04 Å². The third kappa shape index (κ3) is 4.97. The molecular formula is C20H31N3O2. The van der Waals surface area contributed by atoms with E-state index < -0.39 is 0 Å². The fourth-order valence-corrected chi connectivity index (χ4v) is 3.55. The number of nitrogens with one attached hydrogen (secondary N) is 1. The number of benzene rings is 1. The Morgan fingerprint density at radius 1 is 1.12 bits per heavy atom. The van der Waals surface area contributed by atoms with Crippen molar-refractivity contribution in [1.29, 1.82) is 0 Å². The third-order valence-corrected chi connectivity index (χ3v) is 5.16. The van der Waals surface area contributed by atoms with Gasteiger partial charge in [-0.25, -0.2) is 4.79 Å². The minimum atomic E-state index is -0.132. The predicted molar refractivity (Wildman–Crippen MR) is 100 cm³/mol. The van der Waals surface area contributed by atoms with Crippen LogP contribution in [0.4, 0.5) is 4.79 Å². The normalized spacial score (nSPS) is 16.7. The number of amides is 3. The summed E-state index contributed by atoms with van der Waals surface area (Å²) in [4.78, 5) is 28.6. The molecule has 0 aliphatic carbocycles. The van der Waals surface area contributed by atoms with Crippen LogP contribution in [0.5, 0.6) is 0 Å². The summed E-state index contributed by atoms with van der Waals surface area (Å²) in [6.07, 6.45) is 2.83. The van der Waals surface area contributed by atoms with E-state index in [9.17, 15) is 9.59 Å². The molecule has 25 heavy (non-hydrogen) atoms. The summed E-state index contributed by atoms with van der Waals surface area (Å²) in [6, 6.07) is 9.97. The molecule has 1 aliphatic heterocycles. The Kier molecular flexibility index (Phi) is 7.29. The van der Waals surface area contributed by atoms with Crippen molar-refractivity contribution in [2.75, 3.05) is 26.2 Å². The first-order valence-electron chi connectivity index (χ1n) is 9.48. The fraction of sp³-hybridized carbons (Fsp3) is 0.600. The Morgan fingerprint density at radius 3 is 2.40 bits per heavy atom. The summed E-state index contributed by atoms with van der Waals surface area (Å²) in [5.74, 6) is 0.412. The van der Waals surface area contributed by atoms with E-state index in [1.54, 1.807) is 4.90 Å². The first-order chi connectivity index (χ1) is 12.1. The molecule has 0 radical (unpaired) electrons. The smallest absolute Gasteiger partial charge is 0.318 e. The molecule has 1 aromatic rings. The van der Waals surface area contributed by atoms with Gasteiger partial charge >= 0.3 is 6.03 Å². The molecular weight excluding hydrogens is 314 g/mol. The summed E-state index contributed by atoms with van der Waals surface area (Å²) < 4.78 is 0. The van der Waals surface area contributed by atoms with Gasteiger partial charge in [0.25, 0.3) is 0 Å². The zero-order chi connectivity index (χ0) is 18.2. The number of hydrogen-bond acceptors (Lipinski definition) is 2. The van der Waals surface area contributed by atoms with Crippen LogP contribution in [0.3, 0.4) is 0 Å². The summed E-state index contributed by atoms with van der Waals surface area (Å²) >= 11 is 0. The predicted octanol–water partition coefficient (Wildman–Crippen LogP) is 3.43. The topological polar surface area (TPSA) is 52.7 Å². The summed E-state index contributed by atoms with van der Waals surface area (Å²) in [5.41, 5.74) is 1.13. The second-order valence-corrected chi connectivity index (χ2v) is 6.66.